The highest BCUT2D eigenvalue weighted by molar-refractivity contribution is 4.98. The van der Waals surface area contributed by atoms with Gasteiger partial charge in [0, 0.05) is 6.54 Å². The fourth-order valence-electron chi connectivity index (χ4n) is 1.40. The van der Waals surface area contributed by atoms with Gasteiger partial charge < -0.3 is 11.1 Å². The number of hydrogen-bond donors (Lipinski definition) is 2. The summed E-state index contributed by atoms with van der Waals surface area (Å²) in [6.45, 7) is 6.48. The molecule has 0 bridgehead atoms. The van der Waals surface area contributed by atoms with E-state index >= 15 is 0 Å². The molecular weight excluding hydrogens is 136 g/mol. The molecule has 1 saturated heterocycles. The summed E-state index contributed by atoms with van der Waals surface area (Å²) in [7, 11) is 0. The molecule has 2 aliphatic rings. The predicted octanol–water partition coefficient (Wildman–Crippen LogP) is 1.11. The lowest BCUT2D eigenvalue weighted by molar-refractivity contribution is 0.574. The van der Waals surface area contributed by atoms with Crippen molar-refractivity contribution in [3.63, 3.8) is 0 Å². The lowest BCUT2D eigenvalue weighted by Gasteiger charge is -1.96. The van der Waals surface area contributed by atoms with E-state index in [0.717, 1.165) is 5.41 Å². The molecule has 1 saturated carbocycles. The molecule has 2 nitrogen and oxygen atoms in total. The van der Waals surface area contributed by atoms with Crippen molar-refractivity contribution in [3.8, 4) is 0 Å². The summed E-state index contributed by atoms with van der Waals surface area (Å²) in [5.74, 6) is 0. The van der Waals surface area contributed by atoms with Crippen LogP contribution in [0.2, 0.25) is 0 Å². The molecule has 0 atom stereocenters. The third-order valence-corrected chi connectivity index (χ3v) is 2.29. The largest absolute Gasteiger partial charge is 0.328 e. The molecule has 0 unspecified atom stereocenters. The molecule has 3 N–H and O–H groups in total. The smallest absolute Gasteiger partial charge is 0.000829 e. The highest BCUT2D eigenvalue weighted by atomic mass is 14.9. The molecule has 1 spiro atoms. The van der Waals surface area contributed by atoms with E-state index < -0.39 is 0 Å². The lowest BCUT2D eigenvalue weighted by atomic mass is 10.1. The van der Waals surface area contributed by atoms with Crippen LogP contribution in [0.5, 0.6) is 0 Å². The molecular formula is C9H20N2. The molecule has 2 rings (SSSR count). The van der Waals surface area contributed by atoms with Crippen molar-refractivity contribution in [1.29, 1.82) is 0 Å². The first-order valence-corrected chi connectivity index (χ1v) is 4.61. The van der Waals surface area contributed by atoms with Gasteiger partial charge in [0.15, 0.2) is 0 Å². The van der Waals surface area contributed by atoms with Crippen molar-refractivity contribution in [2.24, 2.45) is 11.1 Å². The van der Waals surface area contributed by atoms with E-state index in [0.29, 0.717) is 6.04 Å². The normalized spacial score (nSPS) is 25.1. The minimum absolute atomic E-state index is 0.333. The van der Waals surface area contributed by atoms with Gasteiger partial charge in [-0.3, -0.25) is 0 Å². The second kappa shape index (κ2) is 3.55. The van der Waals surface area contributed by atoms with Crippen LogP contribution in [0.1, 0.15) is 33.1 Å². The number of hydrogen-bond acceptors (Lipinski definition) is 2. The molecule has 2 fully saturated rings. The second-order valence-corrected chi connectivity index (χ2v) is 4.17. The van der Waals surface area contributed by atoms with E-state index in [9.17, 15) is 0 Å². The van der Waals surface area contributed by atoms with Crippen LogP contribution in [0.15, 0.2) is 0 Å². The van der Waals surface area contributed by atoms with Crippen LogP contribution in [0.3, 0.4) is 0 Å². The van der Waals surface area contributed by atoms with Gasteiger partial charge in [-0.05, 0) is 37.3 Å². The molecule has 0 aromatic rings. The first-order valence-electron chi connectivity index (χ1n) is 4.61. The SMILES string of the molecule is C1CC2(CC2)CN1.CC(C)N. The maximum Gasteiger partial charge on any atom is 0.000829 e. The summed E-state index contributed by atoms with van der Waals surface area (Å²) in [4.78, 5) is 0. The fourth-order valence-corrected chi connectivity index (χ4v) is 1.40. The Morgan fingerprint density at radius 2 is 1.82 bits per heavy atom. The molecule has 11 heavy (non-hydrogen) atoms. The Hall–Kier alpha value is -0.0800. The highest BCUT2D eigenvalue weighted by Crippen LogP contribution is 2.49. The Balaban J connectivity index is 0.000000134. The zero-order chi connectivity index (χ0) is 8.32. The highest BCUT2D eigenvalue weighted by Gasteiger charge is 2.44. The van der Waals surface area contributed by atoms with Gasteiger partial charge in [-0.15, -0.1) is 0 Å². The van der Waals surface area contributed by atoms with Crippen LogP contribution >= 0.6 is 0 Å². The Labute approximate surface area is 69.5 Å². The van der Waals surface area contributed by atoms with Crippen LogP contribution in [-0.2, 0) is 0 Å². The fraction of sp³-hybridized carbons (Fsp3) is 1.00. The van der Waals surface area contributed by atoms with Crippen LogP contribution in [0, 0.1) is 5.41 Å². The van der Waals surface area contributed by atoms with E-state index in [2.05, 4.69) is 5.32 Å². The van der Waals surface area contributed by atoms with Crippen LogP contribution in [-0.4, -0.2) is 19.1 Å². The van der Waals surface area contributed by atoms with E-state index in [-0.39, 0.29) is 0 Å². The maximum atomic E-state index is 5.11. The molecule has 2 heteroatoms. The topological polar surface area (TPSA) is 38.0 Å². The summed E-state index contributed by atoms with van der Waals surface area (Å²) in [5.41, 5.74) is 5.94. The average molecular weight is 156 g/mol. The minimum atomic E-state index is 0.333. The average Bonchev–Trinajstić information content (AvgIpc) is 2.38. The Morgan fingerprint density at radius 1 is 1.27 bits per heavy atom. The maximum absolute atomic E-state index is 5.11. The van der Waals surface area contributed by atoms with Gasteiger partial charge >= 0.3 is 0 Å². The van der Waals surface area contributed by atoms with Crippen LogP contribution in [0.25, 0.3) is 0 Å². The minimum Gasteiger partial charge on any atom is -0.328 e. The van der Waals surface area contributed by atoms with Gasteiger partial charge in [0.1, 0.15) is 0 Å². The van der Waals surface area contributed by atoms with E-state index in [4.69, 9.17) is 5.73 Å². The van der Waals surface area contributed by atoms with Crippen molar-refractivity contribution in [3.05, 3.63) is 0 Å². The summed E-state index contributed by atoms with van der Waals surface area (Å²) in [5, 5.41) is 3.38. The number of nitrogens with two attached hydrogens (primary N) is 1. The van der Waals surface area contributed by atoms with Crippen molar-refractivity contribution < 1.29 is 0 Å². The summed E-state index contributed by atoms with van der Waals surface area (Å²) >= 11 is 0. The van der Waals surface area contributed by atoms with Crippen molar-refractivity contribution >= 4 is 0 Å². The van der Waals surface area contributed by atoms with Gasteiger partial charge in [0.05, 0.1) is 0 Å². The molecule has 1 aliphatic heterocycles. The van der Waals surface area contributed by atoms with Crippen molar-refractivity contribution in [2.75, 3.05) is 13.1 Å². The third kappa shape index (κ3) is 3.21. The van der Waals surface area contributed by atoms with E-state index in [1.54, 1.807) is 0 Å². The molecule has 1 aliphatic carbocycles. The predicted molar refractivity (Wildman–Crippen MR) is 48.5 cm³/mol. The second-order valence-electron chi connectivity index (χ2n) is 4.17. The van der Waals surface area contributed by atoms with Gasteiger partial charge in [-0.1, -0.05) is 13.8 Å². The summed E-state index contributed by atoms with van der Waals surface area (Å²) in [6, 6.07) is 0.333. The zero-order valence-electron chi connectivity index (χ0n) is 7.69. The molecule has 1 heterocycles. The first-order chi connectivity index (χ1) is 5.15. The van der Waals surface area contributed by atoms with E-state index in [1.807, 2.05) is 13.8 Å². The summed E-state index contributed by atoms with van der Waals surface area (Å²) in [6.07, 6.45) is 4.45. The van der Waals surface area contributed by atoms with E-state index in [1.165, 1.54) is 32.4 Å². The lowest BCUT2D eigenvalue weighted by Crippen LogP contribution is -2.08. The van der Waals surface area contributed by atoms with Crippen LogP contribution in [0.4, 0.5) is 0 Å². The Kier molecular flexibility index (Phi) is 2.90. The van der Waals surface area contributed by atoms with Crippen molar-refractivity contribution in [2.45, 2.75) is 39.2 Å². The van der Waals surface area contributed by atoms with Gasteiger partial charge in [-0.25, -0.2) is 0 Å². The van der Waals surface area contributed by atoms with Crippen molar-refractivity contribution in [1.82, 2.24) is 5.32 Å². The molecule has 0 amide bonds. The third-order valence-electron chi connectivity index (χ3n) is 2.29. The quantitative estimate of drug-likeness (QED) is 0.551. The standard InChI is InChI=1S/C6H11N.C3H9N/c1-2-6(1)3-4-7-5-6;1-3(2)4/h7H,1-5H2;3H,4H2,1-2H3. The Morgan fingerprint density at radius 3 is 2.00 bits per heavy atom. The molecule has 0 aromatic carbocycles. The van der Waals surface area contributed by atoms with Gasteiger partial charge in [0.2, 0.25) is 0 Å². The Bertz CT molecular complexity index is 106. The van der Waals surface area contributed by atoms with Gasteiger partial charge in [0.25, 0.3) is 0 Å². The number of rotatable bonds is 0. The molecule has 66 valence electrons. The number of nitrogens with one attached hydrogen (secondary N) is 1. The van der Waals surface area contributed by atoms with Crippen LogP contribution < -0.4 is 11.1 Å². The molecule has 0 radical (unpaired) electrons. The first kappa shape index (κ1) is 9.01. The summed E-state index contributed by atoms with van der Waals surface area (Å²) < 4.78 is 0. The monoisotopic (exact) mass is 156 g/mol. The zero-order valence-corrected chi connectivity index (χ0v) is 7.69. The molecule has 0 aromatic heterocycles. The van der Waals surface area contributed by atoms with Gasteiger partial charge in [-0.2, -0.15) is 0 Å².